The molecule has 2 rings (SSSR count). The average molecular weight is 244 g/mol. The van der Waals surface area contributed by atoms with Crippen LogP contribution in [0.15, 0.2) is 42.6 Å². The van der Waals surface area contributed by atoms with Gasteiger partial charge in [0.2, 0.25) is 0 Å². The van der Waals surface area contributed by atoms with Crippen molar-refractivity contribution in [3.05, 3.63) is 65.2 Å². The number of hydrogen-bond donors (Lipinski definition) is 1. The third-order valence-electron chi connectivity index (χ3n) is 3.01. The third-order valence-corrected chi connectivity index (χ3v) is 3.01. The molecule has 1 aromatic carbocycles. The van der Waals surface area contributed by atoms with Crippen LogP contribution < -0.4 is 5.32 Å². The van der Waals surface area contributed by atoms with Gasteiger partial charge in [-0.1, -0.05) is 23.8 Å². The van der Waals surface area contributed by atoms with Gasteiger partial charge in [-0.3, -0.25) is 4.98 Å². The van der Waals surface area contributed by atoms with Gasteiger partial charge in [0, 0.05) is 29.9 Å². The van der Waals surface area contributed by atoms with Gasteiger partial charge >= 0.3 is 0 Å². The van der Waals surface area contributed by atoms with Crippen LogP contribution in [0.25, 0.3) is 0 Å². The van der Waals surface area contributed by atoms with Crippen molar-refractivity contribution in [1.82, 2.24) is 10.3 Å². The van der Waals surface area contributed by atoms with Gasteiger partial charge in [-0.25, -0.2) is 4.39 Å². The molecule has 2 aromatic rings. The molecule has 0 radical (unpaired) electrons. The largest absolute Gasteiger partial charge is 0.313 e. The van der Waals surface area contributed by atoms with Crippen LogP contribution in [0.5, 0.6) is 0 Å². The molecule has 0 amide bonds. The first-order valence-electron chi connectivity index (χ1n) is 6.04. The van der Waals surface area contributed by atoms with E-state index in [0.29, 0.717) is 12.0 Å². The fourth-order valence-corrected chi connectivity index (χ4v) is 2.03. The Morgan fingerprint density at radius 3 is 2.78 bits per heavy atom. The summed E-state index contributed by atoms with van der Waals surface area (Å²) in [5.74, 6) is -0.170. The lowest BCUT2D eigenvalue weighted by molar-refractivity contribution is 0.529. The zero-order valence-corrected chi connectivity index (χ0v) is 10.7. The summed E-state index contributed by atoms with van der Waals surface area (Å²) < 4.78 is 13.8. The molecule has 1 unspecified atom stereocenters. The predicted molar refractivity (Wildman–Crippen MR) is 70.9 cm³/mol. The van der Waals surface area contributed by atoms with Gasteiger partial charge in [0.05, 0.1) is 0 Å². The molecule has 1 heterocycles. The maximum atomic E-state index is 13.8. The van der Waals surface area contributed by atoms with Gasteiger partial charge in [0.15, 0.2) is 0 Å². The lowest BCUT2D eigenvalue weighted by Crippen LogP contribution is -2.20. The number of rotatable bonds is 4. The van der Waals surface area contributed by atoms with Crippen LogP contribution in [0.2, 0.25) is 0 Å². The van der Waals surface area contributed by atoms with Crippen LogP contribution >= 0.6 is 0 Å². The lowest BCUT2D eigenvalue weighted by Gasteiger charge is -2.17. The van der Waals surface area contributed by atoms with Crippen LogP contribution in [0.3, 0.4) is 0 Å². The molecule has 0 aliphatic rings. The maximum absolute atomic E-state index is 13.8. The maximum Gasteiger partial charge on any atom is 0.128 e. The van der Waals surface area contributed by atoms with E-state index in [1.54, 1.807) is 12.3 Å². The Hall–Kier alpha value is -1.74. The summed E-state index contributed by atoms with van der Waals surface area (Å²) in [5.41, 5.74) is 2.72. The molecule has 0 spiro atoms. The first-order chi connectivity index (χ1) is 8.70. The minimum atomic E-state index is -0.170. The normalized spacial score (nSPS) is 12.4. The SMILES string of the molecule is CNC(Cc1ccccn1)c1cc(C)ccc1F. The van der Waals surface area contributed by atoms with Crippen LogP contribution in [0.1, 0.15) is 22.9 Å². The summed E-state index contributed by atoms with van der Waals surface area (Å²) in [6.07, 6.45) is 2.44. The number of nitrogens with one attached hydrogen (secondary N) is 1. The Bertz CT molecular complexity index is 511. The second kappa shape index (κ2) is 5.74. The van der Waals surface area contributed by atoms with Crippen molar-refractivity contribution in [1.29, 1.82) is 0 Å². The number of pyridine rings is 1. The number of likely N-dealkylation sites (N-methyl/N-ethyl adjacent to an activating group) is 1. The van der Waals surface area contributed by atoms with Crippen LogP contribution in [-0.2, 0) is 6.42 Å². The monoisotopic (exact) mass is 244 g/mol. The molecule has 18 heavy (non-hydrogen) atoms. The predicted octanol–water partition coefficient (Wildman–Crippen LogP) is 3.03. The van der Waals surface area contributed by atoms with Crippen molar-refractivity contribution in [2.24, 2.45) is 0 Å². The summed E-state index contributed by atoms with van der Waals surface area (Å²) in [5, 5.41) is 3.15. The van der Waals surface area contributed by atoms with Crippen LogP contribution in [0, 0.1) is 12.7 Å². The van der Waals surface area contributed by atoms with E-state index in [2.05, 4.69) is 10.3 Å². The average Bonchev–Trinajstić information content (AvgIpc) is 2.40. The van der Waals surface area contributed by atoms with Crippen molar-refractivity contribution < 1.29 is 4.39 Å². The minimum Gasteiger partial charge on any atom is -0.313 e. The molecule has 2 nitrogen and oxygen atoms in total. The molecule has 0 bridgehead atoms. The van der Waals surface area contributed by atoms with E-state index in [4.69, 9.17) is 0 Å². The Morgan fingerprint density at radius 2 is 2.11 bits per heavy atom. The quantitative estimate of drug-likeness (QED) is 0.894. The highest BCUT2D eigenvalue weighted by molar-refractivity contribution is 5.28. The number of hydrogen-bond acceptors (Lipinski definition) is 2. The molecule has 0 saturated heterocycles. The highest BCUT2D eigenvalue weighted by Crippen LogP contribution is 2.21. The van der Waals surface area contributed by atoms with Crippen LogP contribution in [-0.4, -0.2) is 12.0 Å². The highest BCUT2D eigenvalue weighted by Gasteiger charge is 2.15. The van der Waals surface area contributed by atoms with E-state index in [0.717, 1.165) is 11.3 Å². The van der Waals surface area contributed by atoms with Gasteiger partial charge < -0.3 is 5.32 Å². The van der Waals surface area contributed by atoms with Gasteiger partial charge in [-0.15, -0.1) is 0 Å². The summed E-state index contributed by atoms with van der Waals surface area (Å²) in [6.45, 7) is 1.97. The molecular weight excluding hydrogens is 227 g/mol. The number of aromatic nitrogens is 1. The summed E-state index contributed by atoms with van der Waals surface area (Å²) in [6, 6.07) is 10.9. The van der Waals surface area contributed by atoms with Crippen molar-refractivity contribution >= 4 is 0 Å². The first-order valence-corrected chi connectivity index (χ1v) is 6.04. The van der Waals surface area contributed by atoms with Gasteiger partial charge in [-0.05, 0) is 32.2 Å². The van der Waals surface area contributed by atoms with E-state index in [9.17, 15) is 4.39 Å². The molecule has 3 heteroatoms. The first kappa shape index (κ1) is 12.7. The van der Waals surface area contributed by atoms with Gasteiger partial charge in [0.25, 0.3) is 0 Å². The molecule has 94 valence electrons. The molecule has 0 fully saturated rings. The van der Waals surface area contributed by atoms with Crippen molar-refractivity contribution in [2.75, 3.05) is 7.05 Å². The Balaban J connectivity index is 2.26. The highest BCUT2D eigenvalue weighted by atomic mass is 19.1. The zero-order valence-electron chi connectivity index (χ0n) is 10.7. The van der Waals surface area contributed by atoms with E-state index in [1.807, 2.05) is 38.2 Å². The fourth-order valence-electron chi connectivity index (χ4n) is 2.03. The fraction of sp³-hybridized carbons (Fsp3) is 0.267. The van der Waals surface area contributed by atoms with E-state index >= 15 is 0 Å². The zero-order chi connectivity index (χ0) is 13.0. The third kappa shape index (κ3) is 2.93. The standard InChI is InChI=1S/C15H17FN2/c1-11-6-7-14(16)13(9-11)15(17-2)10-12-5-3-4-8-18-12/h3-9,15,17H,10H2,1-2H3. The van der Waals surface area contributed by atoms with Crippen LogP contribution in [0.4, 0.5) is 4.39 Å². The Morgan fingerprint density at radius 1 is 1.28 bits per heavy atom. The van der Waals surface area contributed by atoms with Gasteiger partial charge in [0.1, 0.15) is 5.82 Å². The van der Waals surface area contributed by atoms with E-state index < -0.39 is 0 Å². The number of aryl methyl sites for hydroxylation is 1. The second-order valence-electron chi connectivity index (χ2n) is 4.39. The van der Waals surface area contributed by atoms with Crippen molar-refractivity contribution in [2.45, 2.75) is 19.4 Å². The second-order valence-corrected chi connectivity index (χ2v) is 4.39. The summed E-state index contributed by atoms with van der Waals surface area (Å²) >= 11 is 0. The molecule has 1 atom stereocenters. The van der Waals surface area contributed by atoms with Crippen molar-refractivity contribution in [3.8, 4) is 0 Å². The summed E-state index contributed by atoms with van der Waals surface area (Å²) in [4.78, 5) is 4.28. The number of benzene rings is 1. The minimum absolute atomic E-state index is 0.0557. The van der Waals surface area contributed by atoms with E-state index in [-0.39, 0.29) is 11.9 Å². The molecule has 0 aliphatic carbocycles. The molecule has 0 aliphatic heterocycles. The molecule has 0 saturated carbocycles. The molecule has 1 N–H and O–H groups in total. The number of nitrogens with zero attached hydrogens (tertiary/aromatic N) is 1. The van der Waals surface area contributed by atoms with Gasteiger partial charge in [-0.2, -0.15) is 0 Å². The lowest BCUT2D eigenvalue weighted by atomic mass is 9.99. The summed E-state index contributed by atoms with van der Waals surface area (Å²) in [7, 11) is 1.84. The molecule has 1 aromatic heterocycles. The molecular formula is C15H17FN2. The van der Waals surface area contributed by atoms with E-state index in [1.165, 1.54) is 6.07 Å². The number of halogens is 1. The Labute approximate surface area is 107 Å². The topological polar surface area (TPSA) is 24.9 Å². The van der Waals surface area contributed by atoms with Crippen molar-refractivity contribution in [3.63, 3.8) is 0 Å². The smallest absolute Gasteiger partial charge is 0.128 e. The Kier molecular flexibility index (Phi) is 4.05.